The number of ether oxygens (including phenoxy) is 2. The molecule has 314 valence electrons. The standard InChI is InChI=1S/C43H84NO8P/c1-6-8-10-12-14-16-18-20-21-22-23-24-26-27-29-31-33-35-42(45)49-39-41(40-51-53(47,48)50-38-37-44(3,4)5)52-43(46)36-34-32-30-28-25-19-17-15-13-11-9-7-2/h20-21,41H,6-19,22-40H2,1-5H3/b21-20+/t41-/m0/s1. The van der Waals surface area contributed by atoms with E-state index in [1.807, 2.05) is 21.1 Å². The highest BCUT2D eigenvalue weighted by Gasteiger charge is 2.21. The van der Waals surface area contributed by atoms with Gasteiger partial charge in [0, 0.05) is 12.8 Å². The molecule has 0 spiro atoms. The van der Waals surface area contributed by atoms with Gasteiger partial charge in [-0.25, -0.2) is 0 Å². The summed E-state index contributed by atoms with van der Waals surface area (Å²) < 4.78 is 33.9. The van der Waals surface area contributed by atoms with Crippen LogP contribution in [0.1, 0.15) is 200 Å². The molecule has 0 amide bonds. The third-order valence-electron chi connectivity index (χ3n) is 9.54. The second-order valence-electron chi connectivity index (χ2n) is 16.1. The van der Waals surface area contributed by atoms with Gasteiger partial charge in [0.15, 0.2) is 6.10 Å². The molecule has 10 heteroatoms. The van der Waals surface area contributed by atoms with E-state index in [1.165, 1.54) is 128 Å². The number of phosphoric ester groups is 1. The number of hydrogen-bond acceptors (Lipinski definition) is 8. The molecule has 0 saturated heterocycles. The van der Waals surface area contributed by atoms with Gasteiger partial charge in [-0.1, -0.05) is 161 Å². The second-order valence-corrected chi connectivity index (χ2v) is 17.5. The van der Waals surface area contributed by atoms with Gasteiger partial charge in [0.05, 0.1) is 27.7 Å². The molecule has 0 saturated carbocycles. The fraction of sp³-hybridized carbons (Fsp3) is 0.907. The lowest BCUT2D eigenvalue weighted by molar-refractivity contribution is -0.870. The lowest BCUT2D eigenvalue weighted by Gasteiger charge is -2.28. The molecule has 0 fully saturated rings. The predicted octanol–water partition coefficient (Wildman–Crippen LogP) is 11.6. The lowest BCUT2D eigenvalue weighted by atomic mass is 10.0. The van der Waals surface area contributed by atoms with Crippen molar-refractivity contribution in [2.24, 2.45) is 0 Å². The Hall–Kier alpha value is -1.25. The minimum Gasteiger partial charge on any atom is -0.756 e. The number of nitrogens with zero attached hydrogens (tertiary/aromatic N) is 1. The molecular formula is C43H84NO8P. The molecule has 2 atom stereocenters. The lowest BCUT2D eigenvalue weighted by Crippen LogP contribution is -2.37. The van der Waals surface area contributed by atoms with Crippen molar-refractivity contribution in [1.82, 2.24) is 0 Å². The molecule has 0 N–H and O–H groups in total. The number of esters is 2. The fourth-order valence-corrected chi connectivity index (χ4v) is 6.79. The highest BCUT2D eigenvalue weighted by molar-refractivity contribution is 7.45. The molecule has 0 heterocycles. The normalized spacial score (nSPS) is 13.7. The Balaban J connectivity index is 4.32. The Morgan fingerprint density at radius 1 is 0.566 bits per heavy atom. The molecule has 0 aliphatic heterocycles. The first-order valence-electron chi connectivity index (χ1n) is 21.9. The molecule has 0 rings (SSSR count). The van der Waals surface area contributed by atoms with Crippen LogP contribution in [-0.4, -0.2) is 70.0 Å². The van der Waals surface area contributed by atoms with Crippen LogP contribution in [0.3, 0.4) is 0 Å². The van der Waals surface area contributed by atoms with Crippen molar-refractivity contribution >= 4 is 19.8 Å². The predicted molar refractivity (Wildman–Crippen MR) is 218 cm³/mol. The third-order valence-corrected chi connectivity index (χ3v) is 10.5. The second kappa shape index (κ2) is 36.4. The smallest absolute Gasteiger partial charge is 0.306 e. The number of quaternary nitrogens is 1. The van der Waals surface area contributed by atoms with E-state index in [0.29, 0.717) is 17.4 Å². The number of likely N-dealkylation sites (N-methyl/N-ethyl adjacent to an activating group) is 1. The Labute approximate surface area is 326 Å². The third kappa shape index (κ3) is 40.2. The molecule has 9 nitrogen and oxygen atoms in total. The maximum absolute atomic E-state index is 12.6. The van der Waals surface area contributed by atoms with Crippen LogP contribution >= 0.6 is 7.82 Å². The van der Waals surface area contributed by atoms with Gasteiger partial charge in [0.25, 0.3) is 7.82 Å². The van der Waals surface area contributed by atoms with Crippen LogP contribution in [0.5, 0.6) is 0 Å². The Kier molecular flexibility index (Phi) is 35.5. The summed E-state index contributed by atoms with van der Waals surface area (Å²) in [6.07, 6.45) is 36.6. The monoisotopic (exact) mass is 774 g/mol. The van der Waals surface area contributed by atoms with E-state index >= 15 is 0 Å². The van der Waals surface area contributed by atoms with Crippen LogP contribution in [0, 0.1) is 0 Å². The summed E-state index contributed by atoms with van der Waals surface area (Å²) in [5.74, 6) is -0.832. The first-order valence-corrected chi connectivity index (χ1v) is 23.4. The van der Waals surface area contributed by atoms with Crippen LogP contribution in [0.2, 0.25) is 0 Å². The summed E-state index contributed by atoms with van der Waals surface area (Å²) in [4.78, 5) is 37.5. The van der Waals surface area contributed by atoms with Crippen molar-refractivity contribution in [3.05, 3.63) is 12.2 Å². The van der Waals surface area contributed by atoms with Crippen molar-refractivity contribution in [3.63, 3.8) is 0 Å². The Bertz CT molecular complexity index is 922. The number of rotatable bonds is 40. The number of carbonyl (C=O) groups excluding carboxylic acids is 2. The number of carbonyl (C=O) groups is 2. The van der Waals surface area contributed by atoms with Crippen LogP contribution in [-0.2, 0) is 32.7 Å². The van der Waals surface area contributed by atoms with Gasteiger partial charge in [-0.3, -0.25) is 14.2 Å². The van der Waals surface area contributed by atoms with Crippen molar-refractivity contribution in [2.45, 2.75) is 206 Å². The van der Waals surface area contributed by atoms with E-state index in [-0.39, 0.29) is 32.0 Å². The molecule has 0 aromatic heterocycles. The van der Waals surface area contributed by atoms with Crippen LogP contribution in [0.25, 0.3) is 0 Å². The van der Waals surface area contributed by atoms with E-state index in [2.05, 4.69) is 26.0 Å². The zero-order valence-electron chi connectivity index (χ0n) is 35.2. The van der Waals surface area contributed by atoms with E-state index in [4.69, 9.17) is 18.5 Å². The molecule has 1 unspecified atom stereocenters. The summed E-state index contributed by atoms with van der Waals surface area (Å²) >= 11 is 0. The molecule has 0 aliphatic carbocycles. The van der Waals surface area contributed by atoms with Gasteiger partial charge in [0.1, 0.15) is 19.8 Å². The van der Waals surface area contributed by atoms with Gasteiger partial charge >= 0.3 is 11.9 Å². The molecule has 0 aromatic carbocycles. The summed E-state index contributed by atoms with van der Waals surface area (Å²) in [5.41, 5.74) is 0. The minimum atomic E-state index is -4.62. The zero-order valence-corrected chi connectivity index (χ0v) is 36.1. The average molecular weight is 774 g/mol. The Morgan fingerprint density at radius 3 is 1.40 bits per heavy atom. The summed E-state index contributed by atoms with van der Waals surface area (Å²) in [7, 11) is 1.17. The molecule has 0 aliphatic rings. The largest absolute Gasteiger partial charge is 0.756 e. The number of phosphoric acid groups is 1. The first kappa shape index (κ1) is 51.8. The molecule has 0 aromatic rings. The van der Waals surface area contributed by atoms with Gasteiger partial charge in [-0.2, -0.15) is 0 Å². The van der Waals surface area contributed by atoms with Gasteiger partial charge < -0.3 is 27.9 Å². The van der Waals surface area contributed by atoms with Crippen molar-refractivity contribution < 1.29 is 42.1 Å². The number of unbranched alkanes of at least 4 members (excludes halogenated alkanes) is 24. The fourth-order valence-electron chi connectivity index (χ4n) is 6.06. The average Bonchev–Trinajstić information content (AvgIpc) is 3.10. The summed E-state index contributed by atoms with van der Waals surface area (Å²) in [6, 6.07) is 0. The highest BCUT2D eigenvalue weighted by Crippen LogP contribution is 2.38. The first-order chi connectivity index (χ1) is 25.5. The summed E-state index contributed by atoms with van der Waals surface area (Å²) in [6.45, 7) is 4.23. The number of hydrogen-bond donors (Lipinski definition) is 0. The van der Waals surface area contributed by atoms with Crippen molar-refractivity contribution in [3.8, 4) is 0 Å². The zero-order chi connectivity index (χ0) is 39.3. The van der Waals surface area contributed by atoms with Crippen LogP contribution in [0.4, 0.5) is 0 Å². The SMILES string of the molecule is CCCCCCCC/C=C/CCCCCCCCCC(=O)OC[C@@H](COP(=O)([O-])OCC[N+](C)(C)C)OC(=O)CCCCCCCCCCCCCC. The summed E-state index contributed by atoms with van der Waals surface area (Å²) in [5, 5.41) is 0. The molecule has 0 bridgehead atoms. The van der Waals surface area contributed by atoms with Crippen LogP contribution < -0.4 is 4.89 Å². The quantitative estimate of drug-likeness (QED) is 0.0199. The van der Waals surface area contributed by atoms with E-state index < -0.39 is 26.5 Å². The van der Waals surface area contributed by atoms with E-state index in [0.717, 1.165) is 38.5 Å². The molecular weight excluding hydrogens is 689 g/mol. The van der Waals surface area contributed by atoms with Crippen LogP contribution in [0.15, 0.2) is 12.2 Å². The maximum Gasteiger partial charge on any atom is 0.306 e. The van der Waals surface area contributed by atoms with Gasteiger partial charge in [-0.15, -0.1) is 0 Å². The number of allylic oxidation sites excluding steroid dienone is 2. The molecule has 53 heavy (non-hydrogen) atoms. The van der Waals surface area contributed by atoms with Gasteiger partial charge in [0.2, 0.25) is 0 Å². The van der Waals surface area contributed by atoms with Gasteiger partial charge in [-0.05, 0) is 38.5 Å². The highest BCUT2D eigenvalue weighted by atomic mass is 31.2. The minimum absolute atomic E-state index is 0.0284. The Morgan fingerprint density at radius 2 is 0.962 bits per heavy atom. The van der Waals surface area contributed by atoms with E-state index in [9.17, 15) is 19.0 Å². The maximum atomic E-state index is 12.6. The topological polar surface area (TPSA) is 111 Å². The van der Waals surface area contributed by atoms with E-state index in [1.54, 1.807) is 0 Å². The van der Waals surface area contributed by atoms with Crippen molar-refractivity contribution in [2.75, 3.05) is 47.5 Å². The molecule has 0 radical (unpaired) electrons. The van der Waals surface area contributed by atoms with Crippen molar-refractivity contribution in [1.29, 1.82) is 0 Å².